The SMILES string of the molecule is CCC(C)N(C)c1c(N)cccc1C(N)=O. The van der Waals surface area contributed by atoms with Crippen LogP contribution in [0.1, 0.15) is 30.6 Å². The van der Waals surface area contributed by atoms with Crippen LogP contribution in [0.5, 0.6) is 0 Å². The van der Waals surface area contributed by atoms with E-state index in [4.69, 9.17) is 11.5 Å². The number of nitrogens with zero attached hydrogens (tertiary/aromatic N) is 1. The number of amides is 1. The molecule has 0 aromatic heterocycles. The van der Waals surface area contributed by atoms with E-state index in [1.807, 2.05) is 11.9 Å². The summed E-state index contributed by atoms with van der Waals surface area (Å²) >= 11 is 0. The number of anilines is 2. The molecule has 16 heavy (non-hydrogen) atoms. The van der Waals surface area contributed by atoms with Gasteiger partial charge in [-0.05, 0) is 25.5 Å². The molecule has 4 N–H and O–H groups in total. The van der Waals surface area contributed by atoms with Gasteiger partial charge in [0, 0.05) is 13.1 Å². The molecule has 1 aromatic carbocycles. The third kappa shape index (κ3) is 2.27. The van der Waals surface area contributed by atoms with E-state index < -0.39 is 5.91 Å². The Hall–Kier alpha value is -1.71. The topological polar surface area (TPSA) is 72.3 Å². The Balaban J connectivity index is 3.24. The zero-order valence-electron chi connectivity index (χ0n) is 10.0. The summed E-state index contributed by atoms with van der Waals surface area (Å²) in [7, 11) is 1.92. The van der Waals surface area contributed by atoms with Crippen molar-refractivity contribution in [2.75, 3.05) is 17.7 Å². The Labute approximate surface area is 96.2 Å². The normalized spacial score (nSPS) is 12.2. The number of hydrogen-bond donors (Lipinski definition) is 2. The number of para-hydroxylation sites is 1. The molecule has 0 saturated carbocycles. The van der Waals surface area contributed by atoms with Crippen molar-refractivity contribution in [2.45, 2.75) is 26.3 Å². The van der Waals surface area contributed by atoms with Gasteiger partial charge in [0.05, 0.1) is 16.9 Å². The van der Waals surface area contributed by atoms with Gasteiger partial charge in [0.2, 0.25) is 0 Å². The van der Waals surface area contributed by atoms with Crippen LogP contribution in [0, 0.1) is 0 Å². The lowest BCUT2D eigenvalue weighted by atomic mass is 10.1. The van der Waals surface area contributed by atoms with Crippen LogP contribution in [0.25, 0.3) is 0 Å². The minimum atomic E-state index is -0.447. The molecule has 0 aliphatic carbocycles. The van der Waals surface area contributed by atoms with Crippen molar-refractivity contribution in [3.8, 4) is 0 Å². The molecular weight excluding hydrogens is 202 g/mol. The molecule has 0 aliphatic heterocycles. The maximum atomic E-state index is 11.3. The Bertz CT molecular complexity index is 390. The highest BCUT2D eigenvalue weighted by molar-refractivity contribution is 6.01. The molecular formula is C12H19N3O. The summed E-state index contributed by atoms with van der Waals surface area (Å²) in [5.74, 6) is -0.447. The molecule has 0 radical (unpaired) electrons. The first-order valence-corrected chi connectivity index (χ1v) is 5.40. The van der Waals surface area contributed by atoms with Gasteiger partial charge in [0.25, 0.3) is 5.91 Å². The zero-order valence-corrected chi connectivity index (χ0v) is 10.0. The Morgan fingerprint density at radius 1 is 1.50 bits per heavy atom. The molecule has 1 amide bonds. The van der Waals surface area contributed by atoms with E-state index in [1.54, 1.807) is 18.2 Å². The highest BCUT2D eigenvalue weighted by atomic mass is 16.1. The summed E-state index contributed by atoms with van der Waals surface area (Å²) in [6.45, 7) is 4.17. The largest absolute Gasteiger partial charge is 0.397 e. The number of primary amides is 1. The lowest BCUT2D eigenvalue weighted by Gasteiger charge is -2.28. The third-order valence-electron chi connectivity index (χ3n) is 2.94. The molecule has 1 aromatic rings. The zero-order chi connectivity index (χ0) is 12.3. The number of carbonyl (C=O) groups excluding carboxylic acids is 1. The molecule has 1 unspecified atom stereocenters. The van der Waals surface area contributed by atoms with Crippen molar-refractivity contribution in [1.29, 1.82) is 0 Å². The Morgan fingerprint density at radius 3 is 2.62 bits per heavy atom. The van der Waals surface area contributed by atoms with Gasteiger partial charge < -0.3 is 16.4 Å². The summed E-state index contributed by atoms with van der Waals surface area (Å²) < 4.78 is 0. The molecule has 4 nitrogen and oxygen atoms in total. The first-order valence-electron chi connectivity index (χ1n) is 5.40. The van der Waals surface area contributed by atoms with Gasteiger partial charge in [-0.15, -0.1) is 0 Å². The van der Waals surface area contributed by atoms with Gasteiger partial charge >= 0.3 is 0 Å². The van der Waals surface area contributed by atoms with Crippen molar-refractivity contribution < 1.29 is 4.79 Å². The van der Waals surface area contributed by atoms with Gasteiger partial charge in [-0.2, -0.15) is 0 Å². The van der Waals surface area contributed by atoms with Crippen LogP contribution in [0.3, 0.4) is 0 Å². The van der Waals surface area contributed by atoms with E-state index in [9.17, 15) is 4.79 Å². The second-order valence-electron chi connectivity index (χ2n) is 3.98. The van der Waals surface area contributed by atoms with E-state index >= 15 is 0 Å². The van der Waals surface area contributed by atoms with E-state index in [2.05, 4.69) is 13.8 Å². The van der Waals surface area contributed by atoms with Crippen LogP contribution >= 0.6 is 0 Å². The Kier molecular flexibility index (Phi) is 3.77. The number of nitrogen functional groups attached to an aromatic ring is 1. The summed E-state index contributed by atoms with van der Waals surface area (Å²) in [5.41, 5.74) is 13.0. The molecule has 0 bridgehead atoms. The molecule has 88 valence electrons. The smallest absolute Gasteiger partial charge is 0.250 e. The van der Waals surface area contributed by atoms with E-state index in [0.717, 1.165) is 12.1 Å². The number of nitrogens with two attached hydrogens (primary N) is 2. The quantitative estimate of drug-likeness (QED) is 0.758. The van der Waals surface area contributed by atoms with Gasteiger partial charge in [-0.25, -0.2) is 0 Å². The van der Waals surface area contributed by atoms with Crippen molar-refractivity contribution in [3.63, 3.8) is 0 Å². The lowest BCUT2D eigenvalue weighted by molar-refractivity contribution is 0.100. The van der Waals surface area contributed by atoms with Crippen LogP contribution < -0.4 is 16.4 Å². The van der Waals surface area contributed by atoms with Crippen LogP contribution in [0.4, 0.5) is 11.4 Å². The fourth-order valence-corrected chi connectivity index (χ4v) is 1.65. The fraction of sp³-hybridized carbons (Fsp3) is 0.417. The monoisotopic (exact) mass is 221 g/mol. The van der Waals surface area contributed by atoms with Crippen molar-refractivity contribution in [1.82, 2.24) is 0 Å². The molecule has 1 rings (SSSR count). The van der Waals surface area contributed by atoms with Crippen molar-refractivity contribution in [2.24, 2.45) is 5.73 Å². The Morgan fingerprint density at radius 2 is 2.12 bits per heavy atom. The number of carbonyl (C=O) groups is 1. The highest BCUT2D eigenvalue weighted by Crippen LogP contribution is 2.28. The number of benzene rings is 1. The second kappa shape index (κ2) is 4.88. The van der Waals surface area contributed by atoms with Crippen LogP contribution in [0.2, 0.25) is 0 Å². The van der Waals surface area contributed by atoms with Crippen LogP contribution in [-0.4, -0.2) is 19.0 Å². The average Bonchev–Trinajstić information content (AvgIpc) is 2.26. The summed E-state index contributed by atoms with van der Waals surface area (Å²) in [5, 5.41) is 0. The van der Waals surface area contributed by atoms with Crippen molar-refractivity contribution >= 4 is 17.3 Å². The van der Waals surface area contributed by atoms with E-state index in [-0.39, 0.29) is 0 Å². The number of rotatable bonds is 4. The van der Waals surface area contributed by atoms with Crippen LogP contribution in [-0.2, 0) is 0 Å². The van der Waals surface area contributed by atoms with E-state index in [1.165, 1.54) is 0 Å². The van der Waals surface area contributed by atoms with Gasteiger partial charge in [0.15, 0.2) is 0 Å². The maximum absolute atomic E-state index is 11.3. The molecule has 0 spiro atoms. The third-order valence-corrected chi connectivity index (χ3v) is 2.94. The lowest BCUT2D eigenvalue weighted by Crippen LogP contribution is -2.31. The summed E-state index contributed by atoms with van der Waals surface area (Å²) in [6.07, 6.45) is 0.975. The van der Waals surface area contributed by atoms with Crippen LogP contribution in [0.15, 0.2) is 18.2 Å². The molecule has 1 atom stereocenters. The number of hydrogen-bond acceptors (Lipinski definition) is 3. The van der Waals surface area contributed by atoms with Gasteiger partial charge in [0.1, 0.15) is 0 Å². The van der Waals surface area contributed by atoms with Crippen molar-refractivity contribution in [3.05, 3.63) is 23.8 Å². The highest BCUT2D eigenvalue weighted by Gasteiger charge is 2.17. The average molecular weight is 221 g/mol. The molecule has 0 saturated heterocycles. The van der Waals surface area contributed by atoms with E-state index in [0.29, 0.717) is 17.3 Å². The van der Waals surface area contributed by atoms with Gasteiger partial charge in [-0.3, -0.25) is 4.79 Å². The molecule has 4 heteroatoms. The predicted octanol–water partition coefficient (Wildman–Crippen LogP) is 1.60. The maximum Gasteiger partial charge on any atom is 0.250 e. The first kappa shape index (κ1) is 12.4. The molecule has 0 aliphatic rings. The minimum Gasteiger partial charge on any atom is -0.397 e. The minimum absolute atomic E-state index is 0.308. The van der Waals surface area contributed by atoms with Gasteiger partial charge in [-0.1, -0.05) is 13.0 Å². The summed E-state index contributed by atoms with van der Waals surface area (Å²) in [4.78, 5) is 13.3. The molecule has 0 fully saturated rings. The summed E-state index contributed by atoms with van der Waals surface area (Å²) in [6, 6.07) is 5.53. The predicted molar refractivity (Wildman–Crippen MR) is 67.5 cm³/mol. The second-order valence-corrected chi connectivity index (χ2v) is 3.98. The first-order chi connectivity index (χ1) is 7.49. The standard InChI is InChI=1S/C12H19N3O/c1-4-8(2)15(3)11-9(12(14)16)6-5-7-10(11)13/h5-8H,4,13H2,1-3H3,(H2,14,16). The fourth-order valence-electron chi connectivity index (χ4n) is 1.65. The molecule has 0 heterocycles.